The van der Waals surface area contributed by atoms with Crippen LogP contribution in [-0.2, 0) is 47.0 Å². The molecule has 10 heteroatoms. The number of aryl methyl sites for hydroxylation is 2. The van der Waals surface area contributed by atoms with E-state index in [-0.39, 0.29) is 6.61 Å². The summed E-state index contributed by atoms with van der Waals surface area (Å²) >= 11 is 0. The summed E-state index contributed by atoms with van der Waals surface area (Å²) in [6.45, 7) is 16.9. The van der Waals surface area contributed by atoms with Crippen LogP contribution in [0, 0.1) is 13.8 Å². The molecule has 0 radical (unpaired) electrons. The third-order valence-electron chi connectivity index (χ3n) is 6.34. The number of carbonyl (C=O) groups is 3. The molecule has 250 valence electrons. The van der Waals surface area contributed by atoms with Gasteiger partial charge in [0.05, 0.1) is 0 Å². The van der Waals surface area contributed by atoms with Crippen LogP contribution >= 0.6 is 0 Å². The predicted octanol–water partition coefficient (Wildman–Crippen LogP) is 6.92. The molecule has 0 aliphatic heterocycles. The highest BCUT2D eigenvalue weighted by Crippen LogP contribution is 2.13. The van der Waals surface area contributed by atoms with Gasteiger partial charge in [-0.05, 0) is 94.3 Å². The molecule has 3 aromatic rings. The lowest BCUT2D eigenvalue weighted by molar-refractivity contribution is 0.0512. The molecule has 3 rings (SSSR count). The van der Waals surface area contributed by atoms with Crippen molar-refractivity contribution >= 4 is 18.3 Å². The molecule has 0 unspecified atom stereocenters. The molecule has 0 saturated heterocycles. The Balaban J connectivity index is 0.000000353. The molecule has 0 spiro atoms. The molecule has 3 amide bonds. The van der Waals surface area contributed by atoms with Crippen molar-refractivity contribution < 1.29 is 28.6 Å². The summed E-state index contributed by atoms with van der Waals surface area (Å²) in [5, 5.41) is 8.22. The van der Waals surface area contributed by atoms with E-state index in [4.69, 9.17) is 19.9 Å². The second kappa shape index (κ2) is 17.8. The van der Waals surface area contributed by atoms with Crippen LogP contribution < -0.4 is 21.7 Å². The van der Waals surface area contributed by atoms with Crippen molar-refractivity contribution in [3.8, 4) is 0 Å². The van der Waals surface area contributed by atoms with Gasteiger partial charge in [-0.2, -0.15) is 0 Å². The van der Waals surface area contributed by atoms with Crippen molar-refractivity contribution in [3.63, 3.8) is 0 Å². The SMILES string of the molecule is Cc1cc(CNC(=O)OC(C)(C)C)ccc1CN.Cc1cc(CNC(=O)OC(C)(C)C)ccc1CNC(=O)OCc1ccccc1. The highest BCUT2D eigenvalue weighted by Gasteiger charge is 2.16. The maximum Gasteiger partial charge on any atom is 0.407 e. The zero-order valence-corrected chi connectivity index (χ0v) is 28.4. The van der Waals surface area contributed by atoms with E-state index >= 15 is 0 Å². The van der Waals surface area contributed by atoms with Gasteiger partial charge in [-0.3, -0.25) is 0 Å². The van der Waals surface area contributed by atoms with Crippen molar-refractivity contribution in [1.29, 1.82) is 0 Å². The van der Waals surface area contributed by atoms with Crippen LogP contribution in [0.5, 0.6) is 0 Å². The Morgan fingerprint density at radius 3 is 1.50 bits per heavy atom. The number of rotatable bonds is 9. The van der Waals surface area contributed by atoms with Gasteiger partial charge in [0.25, 0.3) is 0 Å². The summed E-state index contributed by atoms with van der Waals surface area (Å²) in [5.41, 5.74) is 11.8. The quantitative estimate of drug-likeness (QED) is 0.187. The molecule has 0 atom stereocenters. The van der Waals surface area contributed by atoms with Crippen LogP contribution in [0.2, 0.25) is 0 Å². The number of ether oxygens (including phenoxy) is 3. The predicted molar refractivity (Wildman–Crippen MR) is 180 cm³/mol. The van der Waals surface area contributed by atoms with Gasteiger partial charge in [-0.15, -0.1) is 0 Å². The molecule has 0 saturated carbocycles. The van der Waals surface area contributed by atoms with Gasteiger partial charge in [0.2, 0.25) is 0 Å². The molecule has 3 aromatic carbocycles. The second-order valence-corrected chi connectivity index (χ2v) is 12.9. The third-order valence-corrected chi connectivity index (χ3v) is 6.34. The first-order valence-electron chi connectivity index (χ1n) is 15.3. The molecule has 0 heterocycles. The van der Waals surface area contributed by atoms with Crippen molar-refractivity contribution in [2.24, 2.45) is 5.73 Å². The first-order valence-corrected chi connectivity index (χ1v) is 15.3. The van der Waals surface area contributed by atoms with Gasteiger partial charge in [-0.25, -0.2) is 14.4 Å². The number of nitrogens with one attached hydrogen (secondary N) is 3. The minimum Gasteiger partial charge on any atom is -0.445 e. The molecule has 46 heavy (non-hydrogen) atoms. The summed E-state index contributed by atoms with van der Waals surface area (Å²) in [6.07, 6.45) is -1.31. The van der Waals surface area contributed by atoms with E-state index in [1.807, 2.05) is 122 Å². The molecule has 0 fully saturated rings. The monoisotopic (exact) mass is 634 g/mol. The molecule has 0 aliphatic carbocycles. The average molecular weight is 635 g/mol. The molecule has 0 aliphatic rings. The fourth-order valence-electron chi connectivity index (χ4n) is 4.08. The Morgan fingerprint density at radius 2 is 1.07 bits per heavy atom. The first-order chi connectivity index (χ1) is 21.5. The molecule has 5 N–H and O–H groups in total. The third kappa shape index (κ3) is 15.4. The minimum atomic E-state index is -0.523. The summed E-state index contributed by atoms with van der Waals surface area (Å²) in [4.78, 5) is 35.1. The molecular formula is C36H50N4O6. The molecule has 0 aromatic heterocycles. The lowest BCUT2D eigenvalue weighted by Crippen LogP contribution is -2.32. The summed E-state index contributed by atoms with van der Waals surface area (Å²) in [7, 11) is 0. The fourth-order valence-corrected chi connectivity index (χ4v) is 4.08. The number of benzene rings is 3. The highest BCUT2D eigenvalue weighted by atomic mass is 16.6. The Labute approximate surface area is 273 Å². The highest BCUT2D eigenvalue weighted by molar-refractivity contribution is 5.68. The van der Waals surface area contributed by atoms with Crippen molar-refractivity contribution in [1.82, 2.24) is 16.0 Å². The standard InChI is InChI=1S/C22H28N2O4.C14H22N2O2/c1-16-12-18(13-23-21(26)28-22(2,3)4)10-11-19(16)14-24-20(25)27-15-17-8-6-5-7-9-17;1-10-7-11(5-6-12(10)8-15)9-16-13(17)18-14(2,3)4/h5-12H,13-15H2,1-4H3,(H,23,26)(H,24,25);5-7H,8-9,15H2,1-4H3,(H,16,17). The van der Waals surface area contributed by atoms with Gasteiger partial charge in [0, 0.05) is 26.2 Å². The smallest absolute Gasteiger partial charge is 0.407 e. The lowest BCUT2D eigenvalue weighted by atomic mass is 10.1. The van der Waals surface area contributed by atoms with E-state index in [1.54, 1.807) is 0 Å². The second-order valence-electron chi connectivity index (χ2n) is 12.9. The zero-order chi connectivity index (χ0) is 34.3. The van der Waals surface area contributed by atoms with Crippen molar-refractivity contribution in [2.45, 2.75) is 99.4 Å². The molecule has 10 nitrogen and oxygen atoms in total. The largest absolute Gasteiger partial charge is 0.445 e. The number of nitrogens with two attached hydrogens (primary N) is 1. The van der Waals surface area contributed by atoms with Gasteiger partial charge >= 0.3 is 18.3 Å². The summed E-state index contributed by atoms with van der Waals surface area (Å²) < 4.78 is 15.6. The number of hydrogen-bond donors (Lipinski definition) is 4. The van der Waals surface area contributed by atoms with Crippen LogP contribution in [0.1, 0.15) is 80.5 Å². The summed E-state index contributed by atoms with van der Waals surface area (Å²) in [5.74, 6) is 0. The van der Waals surface area contributed by atoms with Gasteiger partial charge in [0.1, 0.15) is 17.8 Å². The average Bonchev–Trinajstić information content (AvgIpc) is 2.96. The minimum absolute atomic E-state index is 0.237. The normalized spacial score (nSPS) is 11.0. The van der Waals surface area contributed by atoms with E-state index in [0.717, 1.165) is 38.9 Å². The van der Waals surface area contributed by atoms with Crippen molar-refractivity contribution in [2.75, 3.05) is 0 Å². The topological polar surface area (TPSA) is 141 Å². The number of carbonyl (C=O) groups excluding carboxylic acids is 3. The van der Waals surface area contributed by atoms with Gasteiger partial charge < -0.3 is 35.9 Å². The number of alkyl carbamates (subject to hydrolysis) is 3. The molecule has 0 bridgehead atoms. The lowest BCUT2D eigenvalue weighted by Gasteiger charge is -2.19. The molecular weight excluding hydrogens is 584 g/mol. The Kier molecular flexibility index (Phi) is 14.6. The van der Waals surface area contributed by atoms with Gasteiger partial charge in [-0.1, -0.05) is 66.7 Å². The van der Waals surface area contributed by atoms with E-state index in [1.165, 1.54) is 0 Å². The van der Waals surface area contributed by atoms with Crippen LogP contribution in [0.15, 0.2) is 66.7 Å². The van der Waals surface area contributed by atoms with Crippen molar-refractivity contribution in [3.05, 3.63) is 106 Å². The zero-order valence-electron chi connectivity index (χ0n) is 28.4. The van der Waals surface area contributed by atoms with E-state index in [9.17, 15) is 14.4 Å². The number of amides is 3. The van der Waals surface area contributed by atoms with Crippen LogP contribution in [0.4, 0.5) is 14.4 Å². The Hall–Kier alpha value is -4.57. The van der Waals surface area contributed by atoms with Gasteiger partial charge in [0.15, 0.2) is 0 Å². The first kappa shape index (κ1) is 37.6. The number of hydrogen-bond acceptors (Lipinski definition) is 7. The Morgan fingerprint density at radius 1 is 0.609 bits per heavy atom. The van der Waals surface area contributed by atoms with E-state index in [2.05, 4.69) is 16.0 Å². The van der Waals surface area contributed by atoms with Crippen LogP contribution in [-0.4, -0.2) is 29.5 Å². The van der Waals surface area contributed by atoms with E-state index < -0.39 is 29.5 Å². The maximum absolute atomic E-state index is 11.9. The van der Waals surface area contributed by atoms with E-state index in [0.29, 0.717) is 26.2 Å². The maximum atomic E-state index is 11.9. The fraction of sp³-hybridized carbons (Fsp3) is 0.417. The Bertz CT molecular complexity index is 1430. The summed E-state index contributed by atoms with van der Waals surface area (Å²) in [6, 6.07) is 21.3. The van der Waals surface area contributed by atoms with Crippen LogP contribution in [0.3, 0.4) is 0 Å². The van der Waals surface area contributed by atoms with Crippen LogP contribution in [0.25, 0.3) is 0 Å².